The van der Waals surface area contributed by atoms with Crippen LogP contribution in [0.3, 0.4) is 0 Å². The van der Waals surface area contributed by atoms with Gasteiger partial charge in [0.25, 0.3) is 0 Å². The molecule has 0 spiro atoms. The van der Waals surface area contributed by atoms with Gasteiger partial charge in [0, 0.05) is 44.3 Å². The molecule has 1 saturated heterocycles. The monoisotopic (exact) mass is 357 g/mol. The molecule has 5 heteroatoms. The van der Waals surface area contributed by atoms with E-state index in [0.29, 0.717) is 11.6 Å². The van der Waals surface area contributed by atoms with E-state index in [0.717, 1.165) is 38.3 Å². The third-order valence-electron chi connectivity index (χ3n) is 4.67. The van der Waals surface area contributed by atoms with Crippen molar-refractivity contribution in [2.75, 3.05) is 26.2 Å². The number of rotatable bonds is 4. The molecule has 2 aromatic rings. The second kappa shape index (κ2) is 8.37. The highest BCUT2D eigenvalue weighted by Crippen LogP contribution is 2.13. The largest absolute Gasteiger partial charge is 0.334 e. The lowest BCUT2D eigenvalue weighted by Gasteiger charge is -2.35. The molecule has 1 heterocycles. The Kier molecular flexibility index (Phi) is 5.95. The highest BCUT2D eigenvalue weighted by molar-refractivity contribution is 6.30. The molecule has 1 fully saturated rings. The first-order chi connectivity index (χ1) is 12.1. The van der Waals surface area contributed by atoms with E-state index >= 15 is 0 Å². The van der Waals surface area contributed by atoms with Crippen LogP contribution in [0, 0.1) is 6.92 Å². The third kappa shape index (κ3) is 4.97. The average molecular weight is 358 g/mol. The van der Waals surface area contributed by atoms with Crippen LogP contribution in [0.5, 0.6) is 0 Å². The Bertz CT molecular complexity index is 709. The zero-order valence-electron chi connectivity index (χ0n) is 14.5. The predicted molar refractivity (Wildman–Crippen MR) is 102 cm³/mol. The quantitative estimate of drug-likeness (QED) is 0.906. The van der Waals surface area contributed by atoms with Crippen LogP contribution in [0.15, 0.2) is 48.5 Å². The minimum Gasteiger partial charge on any atom is -0.334 e. The van der Waals surface area contributed by atoms with Gasteiger partial charge in [-0.05, 0) is 35.7 Å². The van der Waals surface area contributed by atoms with Gasteiger partial charge in [0.1, 0.15) is 0 Å². The fourth-order valence-electron chi connectivity index (χ4n) is 3.03. The number of hydrogen-bond donors (Lipinski definition) is 1. The van der Waals surface area contributed by atoms with Crippen LogP contribution in [0.25, 0.3) is 0 Å². The summed E-state index contributed by atoms with van der Waals surface area (Å²) in [6.07, 6.45) is 0. The van der Waals surface area contributed by atoms with Crippen LogP contribution < -0.4 is 5.32 Å². The van der Waals surface area contributed by atoms with E-state index in [1.54, 1.807) is 0 Å². The van der Waals surface area contributed by atoms with E-state index in [4.69, 9.17) is 11.6 Å². The highest BCUT2D eigenvalue weighted by atomic mass is 35.5. The summed E-state index contributed by atoms with van der Waals surface area (Å²) in [5.41, 5.74) is 3.74. The first-order valence-corrected chi connectivity index (χ1v) is 9.04. The lowest BCUT2D eigenvalue weighted by Crippen LogP contribution is -2.51. The molecule has 0 aliphatic carbocycles. The Morgan fingerprint density at radius 2 is 1.72 bits per heavy atom. The molecule has 4 nitrogen and oxygen atoms in total. The van der Waals surface area contributed by atoms with Crippen molar-refractivity contribution < 1.29 is 4.79 Å². The minimum atomic E-state index is 0.00508. The van der Waals surface area contributed by atoms with E-state index in [1.807, 2.05) is 29.2 Å². The number of carbonyl (C=O) groups is 1. The summed E-state index contributed by atoms with van der Waals surface area (Å²) in [5, 5.41) is 3.70. The average Bonchev–Trinajstić information content (AvgIpc) is 2.63. The Balaban J connectivity index is 1.44. The lowest BCUT2D eigenvalue weighted by atomic mass is 10.1. The second-order valence-electron chi connectivity index (χ2n) is 6.47. The van der Waals surface area contributed by atoms with Crippen LogP contribution in [0.2, 0.25) is 5.02 Å². The third-order valence-corrected chi connectivity index (χ3v) is 4.92. The number of hydrogen-bond acceptors (Lipinski definition) is 2. The fraction of sp³-hybridized carbons (Fsp3) is 0.350. The summed E-state index contributed by atoms with van der Waals surface area (Å²) in [4.78, 5) is 16.6. The maximum Gasteiger partial charge on any atom is 0.317 e. The normalized spacial score (nSPS) is 15.2. The van der Waals surface area contributed by atoms with Crippen LogP contribution in [-0.4, -0.2) is 42.0 Å². The molecule has 0 atom stereocenters. The topological polar surface area (TPSA) is 35.6 Å². The number of nitrogens with zero attached hydrogens (tertiary/aromatic N) is 2. The molecule has 2 aromatic carbocycles. The number of nitrogens with one attached hydrogen (secondary N) is 1. The molecular formula is C20H24ClN3O. The molecule has 0 saturated carbocycles. The summed E-state index contributed by atoms with van der Waals surface area (Å²) in [6.45, 7) is 6.96. The van der Waals surface area contributed by atoms with Gasteiger partial charge in [-0.2, -0.15) is 0 Å². The van der Waals surface area contributed by atoms with Gasteiger partial charge < -0.3 is 10.2 Å². The molecule has 1 N–H and O–H groups in total. The number of aryl methyl sites for hydroxylation is 1. The molecule has 0 aromatic heterocycles. The molecular weight excluding hydrogens is 334 g/mol. The zero-order valence-corrected chi connectivity index (χ0v) is 15.3. The molecule has 0 unspecified atom stereocenters. The van der Waals surface area contributed by atoms with E-state index in [1.165, 1.54) is 11.1 Å². The molecule has 3 rings (SSSR count). The Labute approximate surface area is 154 Å². The molecule has 25 heavy (non-hydrogen) atoms. The van der Waals surface area contributed by atoms with Crippen LogP contribution in [-0.2, 0) is 13.1 Å². The first-order valence-electron chi connectivity index (χ1n) is 8.66. The van der Waals surface area contributed by atoms with E-state index in [-0.39, 0.29) is 6.03 Å². The number of piperazine rings is 1. The van der Waals surface area contributed by atoms with Gasteiger partial charge in [0.05, 0.1) is 0 Å². The van der Waals surface area contributed by atoms with Crippen LogP contribution >= 0.6 is 11.6 Å². The standard InChI is InChI=1S/C20H24ClN3O/c1-16-4-2-3-5-18(16)15-23-10-12-24(13-11-23)20(25)22-14-17-6-8-19(21)9-7-17/h2-9H,10-15H2,1H3,(H,22,25). The summed E-state index contributed by atoms with van der Waals surface area (Å²) in [5.74, 6) is 0. The van der Waals surface area contributed by atoms with E-state index in [9.17, 15) is 4.79 Å². The van der Waals surface area contributed by atoms with Crippen molar-refractivity contribution in [3.8, 4) is 0 Å². The molecule has 0 radical (unpaired) electrons. The van der Waals surface area contributed by atoms with Crippen molar-refractivity contribution in [1.82, 2.24) is 15.1 Å². The van der Waals surface area contributed by atoms with Gasteiger partial charge >= 0.3 is 6.03 Å². The maximum absolute atomic E-state index is 12.3. The Morgan fingerprint density at radius 1 is 1.04 bits per heavy atom. The summed E-state index contributed by atoms with van der Waals surface area (Å²) < 4.78 is 0. The van der Waals surface area contributed by atoms with Gasteiger partial charge in [0.15, 0.2) is 0 Å². The van der Waals surface area contributed by atoms with Crippen LogP contribution in [0.1, 0.15) is 16.7 Å². The second-order valence-corrected chi connectivity index (χ2v) is 6.91. The van der Waals surface area contributed by atoms with Crippen molar-refractivity contribution >= 4 is 17.6 Å². The summed E-state index contributed by atoms with van der Waals surface area (Å²) in [7, 11) is 0. The molecule has 1 aliphatic rings. The SMILES string of the molecule is Cc1ccccc1CN1CCN(C(=O)NCc2ccc(Cl)cc2)CC1. The number of halogens is 1. The van der Waals surface area contributed by atoms with Gasteiger partial charge in [0.2, 0.25) is 0 Å². The van der Waals surface area contributed by atoms with Crippen molar-refractivity contribution in [3.63, 3.8) is 0 Å². The fourth-order valence-corrected chi connectivity index (χ4v) is 3.16. The van der Waals surface area contributed by atoms with E-state index < -0.39 is 0 Å². The Morgan fingerprint density at radius 3 is 2.40 bits per heavy atom. The van der Waals surface area contributed by atoms with Crippen molar-refractivity contribution in [2.45, 2.75) is 20.0 Å². The smallest absolute Gasteiger partial charge is 0.317 e. The van der Waals surface area contributed by atoms with Crippen LogP contribution in [0.4, 0.5) is 4.79 Å². The van der Waals surface area contributed by atoms with Gasteiger partial charge in [-0.15, -0.1) is 0 Å². The molecule has 2 amide bonds. The van der Waals surface area contributed by atoms with Gasteiger partial charge in [-0.1, -0.05) is 48.0 Å². The predicted octanol–water partition coefficient (Wildman–Crippen LogP) is 3.68. The zero-order chi connectivity index (χ0) is 17.6. The van der Waals surface area contributed by atoms with Crippen molar-refractivity contribution in [2.24, 2.45) is 0 Å². The van der Waals surface area contributed by atoms with Crippen molar-refractivity contribution in [3.05, 3.63) is 70.2 Å². The number of benzene rings is 2. The molecule has 1 aliphatic heterocycles. The number of amides is 2. The maximum atomic E-state index is 12.3. The summed E-state index contributed by atoms with van der Waals surface area (Å²) in [6, 6.07) is 16.0. The van der Waals surface area contributed by atoms with E-state index in [2.05, 4.69) is 41.4 Å². The lowest BCUT2D eigenvalue weighted by molar-refractivity contribution is 0.135. The highest BCUT2D eigenvalue weighted by Gasteiger charge is 2.21. The Hall–Kier alpha value is -2.04. The minimum absolute atomic E-state index is 0.00508. The molecule has 132 valence electrons. The van der Waals surface area contributed by atoms with Gasteiger partial charge in [-0.3, -0.25) is 4.90 Å². The summed E-state index contributed by atoms with van der Waals surface area (Å²) >= 11 is 5.88. The van der Waals surface area contributed by atoms with Gasteiger partial charge in [-0.25, -0.2) is 4.79 Å². The number of carbonyl (C=O) groups excluding carboxylic acids is 1. The number of urea groups is 1. The van der Waals surface area contributed by atoms with Crippen molar-refractivity contribution in [1.29, 1.82) is 0 Å². The first kappa shape index (κ1) is 17.8. The molecule has 0 bridgehead atoms.